The maximum Gasteiger partial charge on any atom is 0.274 e. The first-order valence-corrected chi connectivity index (χ1v) is 13.8. The van der Waals surface area contributed by atoms with Crippen molar-refractivity contribution in [2.45, 2.75) is 15.5 Å². The van der Waals surface area contributed by atoms with Crippen molar-refractivity contribution < 1.29 is 26.4 Å². The molecular formula is C22H21N3O6S2. The molecule has 0 N–H and O–H groups in total. The van der Waals surface area contributed by atoms with Gasteiger partial charge in [0.2, 0.25) is 0 Å². The Hall–Kier alpha value is -3.02. The molecule has 3 heterocycles. The molecule has 0 bridgehead atoms. The minimum Gasteiger partial charge on any atom is -0.378 e. The number of rotatable bonds is 3. The molecule has 11 heteroatoms. The van der Waals surface area contributed by atoms with Gasteiger partial charge in [-0.05, 0) is 24.3 Å². The number of fused-ring (bicyclic) bond motifs is 3. The average Bonchev–Trinajstić information content (AvgIpc) is 3.17. The third kappa shape index (κ3) is 3.75. The summed E-state index contributed by atoms with van der Waals surface area (Å²) in [5.74, 6) is -0.738. The number of amides is 1. The molecule has 2 aliphatic heterocycles. The summed E-state index contributed by atoms with van der Waals surface area (Å²) >= 11 is 0. The second-order valence-corrected chi connectivity index (χ2v) is 12.0. The highest BCUT2D eigenvalue weighted by atomic mass is 32.2. The summed E-state index contributed by atoms with van der Waals surface area (Å²) in [4.78, 5) is 15.2. The quantitative estimate of drug-likeness (QED) is 0.552. The molecule has 3 aromatic rings. The Morgan fingerprint density at radius 1 is 1.06 bits per heavy atom. The lowest BCUT2D eigenvalue weighted by Gasteiger charge is -2.26. The van der Waals surface area contributed by atoms with Crippen LogP contribution in [0, 0.1) is 0 Å². The molecule has 33 heavy (non-hydrogen) atoms. The molecule has 5 rings (SSSR count). The van der Waals surface area contributed by atoms with E-state index < -0.39 is 19.7 Å². The van der Waals surface area contributed by atoms with Crippen molar-refractivity contribution in [3.05, 3.63) is 59.8 Å². The van der Waals surface area contributed by atoms with E-state index in [1.54, 1.807) is 35.2 Å². The minimum atomic E-state index is -3.69. The average molecular weight is 488 g/mol. The van der Waals surface area contributed by atoms with Crippen LogP contribution in [0.5, 0.6) is 0 Å². The number of carbonyl (C=O) groups is 1. The second-order valence-electron chi connectivity index (χ2n) is 8.02. The number of nitrogens with zero attached hydrogens (tertiary/aromatic N) is 3. The summed E-state index contributed by atoms with van der Waals surface area (Å²) < 4.78 is 57.2. The first kappa shape index (κ1) is 21.8. The van der Waals surface area contributed by atoms with Gasteiger partial charge in [-0.3, -0.25) is 4.79 Å². The van der Waals surface area contributed by atoms with Gasteiger partial charge in [-0.1, -0.05) is 24.3 Å². The Balaban J connectivity index is 1.77. The Labute approximate surface area is 191 Å². The van der Waals surface area contributed by atoms with Crippen molar-refractivity contribution in [1.29, 1.82) is 0 Å². The normalized spacial score (nSPS) is 17.3. The summed E-state index contributed by atoms with van der Waals surface area (Å²) in [7, 11) is -7.17. The van der Waals surface area contributed by atoms with Crippen molar-refractivity contribution in [2.75, 3.05) is 32.6 Å². The van der Waals surface area contributed by atoms with Crippen LogP contribution in [0.15, 0.2) is 58.3 Å². The molecule has 0 unspecified atom stereocenters. The monoisotopic (exact) mass is 487 g/mol. The van der Waals surface area contributed by atoms with Gasteiger partial charge >= 0.3 is 0 Å². The fraction of sp³-hybridized carbons (Fsp3) is 0.273. The zero-order valence-corrected chi connectivity index (χ0v) is 19.4. The van der Waals surface area contributed by atoms with Crippen LogP contribution in [0.4, 0.5) is 0 Å². The molecule has 9 nitrogen and oxygen atoms in total. The number of sulfone groups is 2. The van der Waals surface area contributed by atoms with Crippen LogP contribution in [0.3, 0.4) is 0 Å². The summed E-state index contributed by atoms with van der Waals surface area (Å²) in [5, 5.41) is 4.55. The van der Waals surface area contributed by atoms with Crippen LogP contribution in [-0.2, 0) is 30.2 Å². The number of benzene rings is 2. The maximum absolute atomic E-state index is 13.4. The number of hydrogen-bond acceptors (Lipinski definition) is 7. The smallest absolute Gasteiger partial charge is 0.274 e. The highest BCUT2D eigenvalue weighted by Crippen LogP contribution is 2.41. The predicted molar refractivity (Wildman–Crippen MR) is 120 cm³/mol. The van der Waals surface area contributed by atoms with E-state index in [2.05, 4.69) is 5.10 Å². The summed E-state index contributed by atoms with van der Waals surface area (Å²) in [5.41, 5.74) is 1.69. The van der Waals surface area contributed by atoms with E-state index in [1.165, 1.54) is 22.9 Å². The fourth-order valence-corrected chi connectivity index (χ4v) is 6.44. The third-order valence-electron chi connectivity index (χ3n) is 5.79. The molecule has 0 radical (unpaired) electrons. The lowest BCUT2D eigenvalue weighted by molar-refractivity contribution is 0.0298. The molecule has 0 spiro atoms. The number of ether oxygens (including phenoxy) is 1. The number of morpholine rings is 1. The molecule has 0 atom stereocenters. The molecule has 1 amide bonds. The van der Waals surface area contributed by atoms with Crippen molar-refractivity contribution in [2.24, 2.45) is 0 Å². The standard InChI is InChI=1S/C22H21N3O6S2/c1-32(27,28)16-6-4-5-15(13-16)25-21-17-7-2-3-8-19(17)33(29,30)14-18(21)20(23-25)22(26)24-9-11-31-12-10-24/h2-8,13H,9-12,14H2,1H3. The Morgan fingerprint density at radius 3 is 2.52 bits per heavy atom. The van der Waals surface area contributed by atoms with E-state index in [0.717, 1.165) is 6.26 Å². The summed E-state index contributed by atoms with van der Waals surface area (Å²) in [6.07, 6.45) is 1.11. The molecule has 2 aliphatic rings. The third-order valence-corrected chi connectivity index (χ3v) is 8.59. The van der Waals surface area contributed by atoms with Gasteiger partial charge in [-0.15, -0.1) is 0 Å². The van der Waals surface area contributed by atoms with E-state index in [1.807, 2.05) is 0 Å². The van der Waals surface area contributed by atoms with Gasteiger partial charge in [0.05, 0.1) is 40.1 Å². The lowest BCUT2D eigenvalue weighted by Crippen LogP contribution is -2.41. The lowest BCUT2D eigenvalue weighted by atomic mass is 10.0. The van der Waals surface area contributed by atoms with Crippen molar-refractivity contribution in [3.8, 4) is 16.9 Å². The van der Waals surface area contributed by atoms with Gasteiger partial charge < -0.3 is 9.64 Å². The second kappa shape index (κ2) is 7.79. The molecular weight excluding hydrogens is 466 g/mol. The van der Waals surface area contributed by atoms with Crippen molar-refractivity contribution in [1.82, 2.24) is 14.7 Å². The Bertz CT molecular complexity index is 1490. The van der Waals surface area contributed by atoms with Crippen LogP contribution in [-0.4, -0.2) is 70.0 Å². The Morgan fingerprint density at radius 2 is 1.79 bits per heavy atom. The summed E-state index contributed by atoms with van der Waals surface area (Å²) in [6.45, 7) is 1.55. The van der Waals surface area contributed by atoms with E-state index in [-0.39, 0.29) is 27.1 Å². The van der Waals surface area contributed by atoms with Crippen LogP contribution in [0.2, 0.25) is 0 Å². The summed E-state index contributed by atoms with van der Waals surface area (Å²) in [6, 6.07) is 12.8. The molecule has 172 valence electrons. The highest BCUT2D eigenvalue weighted by Gasteiger charge is 2.37. The minimum absolute atomic E-state index is 0.0507. The molecule has 1 saturated heterocycles. The van der Waals surface area contributed by atoms with E-state index in [9.17, 15) is 21.6 Å². The van der Waals surface area contributed by atoms with Gasteiger partial charge in [0.15, 0.2) is 25.4 Å². The molecule has 0 saturated carbocycles. The highest BCUT2D eigenvalue weighted by molar-refractivity contribution is 7.91. The van der Waals surface area contributed by atoms with Crippen LogP contribution in [0.25, 0.3) is 16.9 Å². The zero-order chi connectivity index (χ0) is 23.4. The first-order chi connectivity index (χ1) is 15.7. The first-order valence-electron chi connectivity index (χ1n) is 10.3. The van der Waals surface area contributed by atoms with Crippen LogP contribution in [0.1, 0.15) is 16.1 Å². The van der Waals surface area contributed by atoms with Gasteiger partial charge in [0.25, 0.3) is 5.91 Å². The van der Waals surface area contributed by atoms with Gasteiger partial charge in [-0.25, -0.2) is 21.5 Å². The largest absolute Gasteiger partial charge is 0.378 e. The molecule has 2 aromatic carbocycles. The van der Waals surface area contributed by atoms with Gasteiger partial charge in [-0.2, -0.15) is 5.10 Å². The number of carbonyl (C=O) groups excluding carboxylic acids is 1. The maximum atomic E-state index is 13.4. The van der Waals surface area contributed by atoms with Crippen molar-refractivity contribution in [3.63, 3.8) is 0 Å². The Kier molecular flexibility index (Phi) is 5.15. The SMILES string of the molecule is CS(=O)(=O)c1cccc(-n2nc(C(=O)N3CCOCC3)c3c2-c2ccccc2S(=O)(=O)C3)c1. The predicted octanol–water partition coefficient (Wildman–Crippen LogP) is 1.70. The molecule has 1 aromatic heterocycles. The van der Waals surface area contributed by atoms with Crippen LogP contribution >= 0.6 is 0 Å². The topological polar surface area (TPSA) is 116 Å². The van der Waals surface area contributed by atoms with Crippen molar-refractivity contribution >= 4 is 25.6 Å². The van der Waals surface area contributed by atoms with E-state index in [4.69, 9.17) is 4.74 Å². The van der Waals surface area contributed by atoms with Gasteiger partial charge in [0, 0.05) is 30.5 Å². The van der Waals surface area contributed by atoms with E-state index >= 15 is 0 Å². The number of aromatic nitrogens is 2. The fourth-order valence-electron chi connectivity index (χ4n) is 4.19. The zero-order valence-electron chi connectivity index (χ0n) is 17.8. The van der Waals surface area contributed by atoms with E-state index in [0.29, 0.717) is 48.8 Å². The number of hydrogen-bond donors (Lipinski definition) is 0. The molecule has 0 aliphatic carbocycles. The molecule has 1 fully saturated rings. The van der Waals surface area contributed by atoms with Crippen LogP contribution < -0.4 is 0 Å². The van der Waals surface area contributed by atoms with Gasteiger partial charge in [0.1, 0.15) is 0 Å².